The number of nitrogen functional groups attached to an aromatic ring is 1. The van der Waals surface area contributed by atoms with E-state index in [1.54, 1.807) is 0 Å². The molecule has 0 atom stereocenters. The van der Waals surface area contributed by atoms with Crippen LogP contribution in [0, 0.1) is 5.92 Å². The van der Waals surface area contributed by atoms with Gasteiger partial charge in [-0.15, -0.1) is 0 Å². The summed E-state index contributed by atoms with van der Waals surface area (Å²) in [7, 11) is 0. The molecular formula is C10H16N4O. The van der Waals surface area contributed by atoms with Gasteiger partial charge in [0.2, 0.25) is 0 Å². The lowest BCUT2D eigenvalue weighted by atomic mass is 10.2. The second-order valence-electron chi connectivity index (χ2n) is 3.79. The number of rotatable bonds is 4. The number of nitrogens with one attached hydrogen (secondary N) is 1. The lowest BCUT2D eigenvalue weighted by Crippen LogP contribution is -2.17. The molecule has 0 radical (unpaired) electrons. The molecule has 1 amide bonds. The first kappa shape index (κ1) is 11.3. The van der Waals surface area contributed by atoms with Crippen LogP contribution in [-0.4, -0.2) is 17.4 Å². The minimum atomic E-state index is -0.504. The Kier molecular flexibility index (Phi) is 3.49. The van der Waals surface area contributed by atoms with Crippen molar-refractivity contribution in [3.8, 4) is 0 Å². The average molecular weight is 208 g/mol. The lowest BCUT2D eigenvalue weighted by Gasteiger charge is -2.11. The smallest absolute Gasteiger partial charge is 0.250 e. The standard InChI is InChI=1S/C10H16N4O/c1-6(2)4-13-8-5-14-9(11)3-7(8)10(12)15/h3,5-6,13H,4H2,1-2H3,(H2,11,14)(H2,12,15). The summed E-state index contributed by atoms with van der Waals surface area (Å²) in [5.41, 5.74) is 11.7. The highest BCUT2D eigenvalue weighted by molar-refractivity contribution is 5.98. The summed E-state index contributed by atoms with van der Waals surface area (Å²) in [4.78, 5) is 15.0. The number of pyridine rings is 1. The van der Waals surface area contributed by atoms with E-state index in [-0.39, 0.29) is 0 Å². The van der Waals surface area contributed by atoms with E-state index in [4.69, 9.17) is 11.5 Å². The summed E-state index contributed by atoms with van der Waals surface area (Å²) in [6.45, 7) is 4.90. The fourth-order valence-corrected chi connectivity index (χ4v) is 1.13. The van der Waals surface area contributed by atoms with Crippen LogP contribution in [0.2, 0.25) is 0 Å². The predicted molar refractivity (Wildman–Crippen MR) is 60.5 cm³/mol. The number of hydrogen-bond donors (Lipinski definition) is 3. The van der Waals surface area contributed by atoms with Gasteiger partial charge in [0.25, 0.3) is 5.91 Å². The molecule has 0 unspecified atom stereocenters. The highest BCUT2D eigenvalue weighted by Crippen LogP contribution is 2.16. The number of nitrogens with two attached hydrogens (primary N) is 2. The first-order valence-corrected chi connectivity index (χ1v) is 4.80. The number of primary amides is 1. The van der Waals surface area contributed by atoms with Crippen LogP contribution in [0.4, 0.5) is 11.5 Å². The second-order valence-corrected chi connectivity index (χ2v) is 3.79. The first-order valence-electron chi connectivity index (χ1n) is 4.80. The summed E-state index contributed by atoms with van der Waals surface area (Å²) in [5.74, 6) is 0.262. The van der Waals surface area contributed by atoms with Crippen LogP contribution in [-0.2, 0) is 0 Å². The van der Waals surface area contributed by atoms with Crippen molar-refractivity contribution >= 4 is 17.4 Å². The number of hydrogen-bond acceptors (Lipinski definition) is 4. The third-order valence-corrected chi connectivity index (χ3v) is 1.89. The molecule has 0 spiro atoms. The van der Waals surface area contributed by atoms with Crippen LogP contribution < -0.4 is 16.8 Å². The quantitative estimate of drug-likeness (QED) is 0.683. The molecule has 0 saturated carbocycles. The number of carbonyl (C=O) groups is 1. The Balaban J connectivity index is 2.91. The molecule has 0 aliphatic carbocycles. The van der Waals surface area contributed by atoms with Gasteiger partial charge in [-0.1, -0.05) is 13.8 Å². The van der Waals surface area contributed by atoms with Crippen molar-refractivity contribution < 1.29 is 4.79 Å². The zero-order chi connectivity index (χ0) is 11.4. The molecule has 0 fully saturated rings. The number of carbonyl (C=O) groups excluding carboxylic acids is 1. The van der Waals surface area contributed by atoms with Gasteiger partial charge in [0, 0.05) is 6.54 Å². The fourth-order valence-electron chi connectivity index (χ4n) is 1.13. The summed E-state index contributed by atoms with van der Waals surface area (Å²) < 4.78 is 0. The van der Waals surface area contributed by atoms with Gasteiger partial charge < -0.3 is 16.8 Å². The van der Waals surface area contributed by atoms with Gasteiger partial charge in [-0.3, -0.25) is 4.79 Å². The molecule has 5 heteroatoms. The Morgan fingerprint density at radius 1 is 1.60 bits per heavy atom. The predicted octanol–water partition coefficient (Wildman–Crippen LogP) is 0.831. The zero-order valence-corrected chi connectivity index (χ0v) is 8.95. The van der Waals surface area contributed by atoms with Crippen molar-refractivity contribution in [1.82, 2.24) is 4.98 Å². The minimum absolute atomic E-state index is 0.291. The van der Waals surface area contributed by atoms with Crippen molar-refractivity contribution in [2.24, 2.45) is 11.7 Å². The summed E-state index contributed by atoms with van der Waals surface area (Å²) >= 11 is 0. The van der Waals surface area contributed by atoms with E-state index in [1.807, 2.05) is 0 Å². The second kappa shape index (κ2) is 4.63. The van der Waals surface area contributed by atoms with Gasteiger partial charge in [-0.2, -0.15) is 0 Å². The zero-order valence-electron chi connectivity index (χ0n) is 8.95. The Hall–Kier alpha value is -1.78. The van der Waals surface area contributed by atoms with E-state index >= 15 is 0 Å². The van der Waals surface area contributed by atoms with E-state index in [2.05, 4.69) is 24.1 Å². The third-order valence-electron chi connectivity index (χ3n) is 1.89. The maximum absolute atomic E-state index is 11.1. The van der Waals surface area contributed by atoms with Crippen LogP contribution >= 0.6 is 0 Å². The normalized spacial score (nSPS) is 10.3. The van der Waals surface area contributed by atoms with Gasteiger partial charge in [0.15, 0.2) is 0 Å². The molecule has 0 bridgehead atoms. The van der Waals surface area contributed by atoms with Crippen molar-refractivity contribution in [3.05, 3.63) is 17.8 Å². The van der Waals surface area contributed by atoms with E-state index in [0.717, 1.165) is 6.54 Å². The van der Waals surface area contributed by atoms with Crippen LogP contribution in [0.1, 0.15) is 24.2 Å². The molecule has 1 rings (SSSR count). The third kappa shape index (κ3) is 3.12. The molecule has 82 valence electrons. The van der Waals surface area contributed by atoms with Crippen molar-refractivity contribution in [2.75, 3.05) is 17.6 Å². The summed E-state index contributed by atoms with van der Waals surface area (Å²) in [5, 5.41) is 3.10. The molecule has 1 aromatic rings. The molecule has 0 aliphatic rings. The fraction of sp³-hybridized carbons (Fsp3) is 0.400. The number of amides is 1. The molecule has 0 aromatic carbocycles. The van der Waals surface area contributed by atoms with E-state index in [1.165, 1.54) is 12.3 Å². The maximum Gasteiger partial charge on any atom is 0.250 e. The summed E-state index contributed by atoms with van der Waals surface area (Å²) in [6, 6.07) is 1.48. The van der Waals surface area contributed by atoms with E-state index in [0.29, 0.717) is 23.0 Å². The topological polar surface area (TPSA) is 94.0 Å². The monoisotopic (exact) mass is 208 g/mol. The Morgan fingerprint density at radius 3 is 2.80 bits per heavy atom. The Labute approximate surface area is 88.9 Å². The molecule has 0 aliphatic heterocycles. The van der Waals surface area contributed by atoms with Crippen molar-refractivity contribution in [1.29, 1.82) is 0 Å². The van der Waals surface area contributed by atoms with Crippen LogP contribution in [0.15, 0.2) is 12.3 Å². The van der Waals surface area contributed by atoms with Crippen LogP contribution in [0.5, 0.6) is 0 Å². The first-order chi connectivity index (χ1) is 7.00. The SMILES string of the molecule is CC(C)CNc1cnc(N)cc1C(N)=O. The molecule has 1 heterocycles. The molecule has 1 aromatic heterocycles. The van der Waals surface area contributed by atoms with Gasteiger partial charge in [-0.05, 0) is 12.0 Å². The highest BCUT2D eigenvalue weighted by Gasteiger charge is 2.09. The molecule has 15 heavy (non-hydrogen) atoms. The maximum atomic E-state index is 11.1. The minimum Gasteiger partial charge on any atom is -0.384 e. The molecule has 5 N–H and O–H groups in total. The van der Waals surface area contributed by atoms with Gasteiger partial charge in [0.1, 0.15) is 5.82 Å². The number of aromatic nitrogens is 1. The van der Waals surface area contributed by atoms with E-state index < -0.39 is 5.91 Å². The Morgan fingerprint density at radius 2 is 2.27 bits per heavy atom. The molecular weight excluding hydrogens is 192 g/mol. The Bertz CT molecular complexity index is 362. The van der Waals surface area contributed by atoms with E-state index in [9.17, 15) is 4.79 Å². The van der Waals surface area contributed by atoms with Gasteiger partial charge in [-0.25, -0.2) is 4.98 Å². The highest BCUT2D eigenvalue weighted by atomic mass is 16.1. The van der Waals surface area contributed by atoms with Gasteiger partial charge >= 0.3 is 0 Å². The lowest BCUT2D eigenvalue weighted by molar-refractivity contribution is 0.100. The molecule has 5 nitrogen and oxygen atoms in total. The summed E-state index contributed by atoms with van der Waals surface area (Å²) in [6.07, 6.45) is 1.53. The number of nitrogens with zero attached hydrogens (tertiary/aromatic N) is 1. The van der Waals surface area contributed by atoms with Gasteiger partial charge in [0.05, 0.1) is 17.4 Å². The van der Waals surface area contributed by atoms with Crippen LogP contribution in [0.3, 0.4) is 0 Å². The largest absolute Gasteiger partial charge is 0.384 e. The van der Waals surface area contributed by atoms with Crippen LogP contribution in [0.25, 0.3) is 0 Å². The molecule has 0 saturated heterocycles. The average Bonchev–Trinajstić information content (AvgIpc) is 2.15. The number of anilines is 2. The van der Waals surface area contributed by atoms with Crippen molar-refractivity contribution in [2.45, 2.75) is 13.8 Å². The van der Waals surface area contributed by atoms with Crippen molar-refractivity contribution in [3.63, 3.8) is 0 Å².